The van der Waals surface area contributed by atoms with Gasteiger partial charge in [-0.2, -0.15) is 5.10 Å². The Balaban J connectivity index is 2.14. The van der Waals surface area contributed by atoms with Crippen molar-refractivity contribution in [3.05, 3.63) is 52.0 Å². The van der Waals surface area contributed by atoms with Crippen molar-refractivity contribution in [3.63, 3.8) is 0 Å². The third-order valence-corrected chi connectivity index (χ3v) is 3.50. The number of aromatic hydroxyl groups is 1. The predicted molar refractivity (Wildman–Crippen MR) is 90.4 cm³/mol. The Morgan fingerprint density at radius 2 is 2.00 bits per heavy atom. The number of carbonyl (C=O) groups is 1. The topological polar surface area (TPSA) is 80.2 Å². The first-order valence-corrected chi connectivity index (χ1v) is 7.38. The highest BCUT2D eigenvalue weighted by Gasteiger charge is 2.12. The molecule has 0 aliphatic heterocycles. The van der Waals surface area contributed by atoms with Gasteiger partial charge >= 0.3 is 0 Å². The molecule has 2 aromatic rings. The van der Waals surface area contributed by atoms with Gasteiger partial charge in [-0.05, 0) is 36.4 Å². The number of phenolic OH excluding ortho intramolecular Hbond substituents is 1. The summed E-state index contributed by atoms with van der Waals surface area (Å²) in [7, 11) is 3.01. The van der Waals surface area contributed by atoms with E-state index in [9.17, 15) is 9.90 Å². The van der Waals surface area contributed by atoms with E-state index in [4.69, 9.17) is 9.47 Å². The quantitative estimate of drug-likeness (QED) is 0.619. The fraction of sp³-hybridized carbons (Fsp3) is 0.125. The van der Waals surface area contributed by atoms with Crippen molar-refractivity contribution in [1.82, 2.24) is 5.43 Å². The summed E-state index contributed by atoms with van der Waals surface area (Å²) >= 11 is 3.30. The number of carbonyl (C=O) groups excluding carboxylic acids is 1. The molecule has 0 bridgehead atoms. The molecule has 0 spiro atoms. The van der Waals surface area contributed by atoms with E-state index >= 15 is 0 Å². The average Bonchev–Trinajstić information content (AvgIpc) is 2.56. The van der Waals surface area contributed by atoms with Crippen LogP contribution in [-0.2, 0) is 0 Å². The van der Waals surface area contributed by atoms with Crippen LogP contribution < -0.4 is 14.9 Å². The predicted octanol–water partition coefficient (Wildman–Crippen LogP) is 2.94. The van der Waals surface area contributed by atoms with E-state index in [0.29, 0.717) is 22.6 Å². The molecule has 2 aromatic carbocycles. The third-order valence-electron chi connectivity index (χ3n) is 3.01. The number of ether oxygens (including phenoxy) is 2. The van der Waals surface area contributed by atoms with E-state index in [1.807, 2.05) is 0 Å². The van der Waals surface area contributed by atoms with Gasteiger partial charge in [-0.25, -0.2) is 5.43 Å². The molecule has 0 aliphatic carbocycles. The molecule has 0 saturated heterocycles. The number of methoxy groups -OCH3 is 2. The number of benzene rings is 2. The molecule has 0 radical (unpaired) electrons. The summed E-state index contributed by atoms with van der Waals surface area (Å²) < 4.78 is 11.0. The number of hydrogen-bond donors (Lipinski definition) is 2. The van der Waals surface area contributed by atoms with Crippen LogP contribution in [0.3, 0.4) is 0 Å². The number of hydrogen-bond acceptors (Lipinski definition) is 5. The Morgan fingerprint density at radius 1 is 1.22 bits per heavy atom. The van der Waals surface area contributed by atoms with Gasteiger partial charge in [0, 0.05) is 10.0 Å². The smallest absolute Gasteiger partial charge is 0.275 e. The van der Waals surface area contributed by atoms with Crippen LogP contribution in [0.1, 0.15) is 15.9 Å². The Bertz CT molecular complexity index is 747. The van der Waals surface area contributed by atoms with Gasteiger partial charge < -0.3 is 14.6 Å². The molecule has 0 aromatic heterocycles. The SMILES string of the molecule is COc1ccc(O)c(/C=N/NC(=O)c2cc(Br)ccc2OC)c1. The number of rotatable bonds is 5. The number of hydrazone groups is 1. The monoisotopic (exact) mass is 378 g/mol. The molecule has 0 heterocycles. The summed E-state index contributed by atoms with van der Waals surface area (Å²) in [6.07, 6.45) is 1.33. The third kappa shape index (κ3) is 4.23. The van der Waals surface area contributed by atoms with Crippen molar-refractivity contribution in [2.24, 2.45) is 5.10 Å². The molecule has 0 atom stereocenters. The van der Waals surface area contributed by atoms with E-state index in [2.05, 4.69) is 26.5 Å². The van der Waals surface area contributed by atoms with Gasteiger partial charge in [-0.3, -0.25) is 4.79 Å². The molecule has 1 amide bonds. The van der Waals surface area contributed by atoms with E-state index in [-0.39, 0.29) is 5.75 Å². The second-order valence-electron chi connectivity index (χ2n) is 4.47. The molecule has 120 valence electrons. The van der Waals surface area contributed by atoms with Crippen LogP contribution in [0, 0.1) is 0 Å². The van der Waals surface area contributed by atoms with Gasteiger partial charge in [-0.15, -0.1) is 0 Å². The molecule has 0 aliphatic rings. The fourth-order valence-corrected chi connectivity index (χ4v) is 2.20. The maximum atomic E-state index is 12.2. The maximum Gasteiger partial charge on any atom is 0.275 e. The van der Waals surface area contributed by atoms with Crippen molar-refractivity contribution in [2.75, 3.05) is 14.2 Å². The summed E-state index contributed by atoms with van der Waals surface area (Å²) in [5.74, 6) is 0.611. The molecular formula is C16H15BrN2O4. The van der Waals surface area contributed by atoms with Crippen LogP contribution in [0.5, 0.6) is 17.2 Å². The van der Waals surface area contributed by atoms with E-state index in [1.165, 1.54) is 26.5 Å². The van der Waals surface area contributed by atoms with Crippen LogP contribution in [0.25, 0.3) is 0 Å². The molecule has 0 unspecified atom stereocenters. The van der Waals surface area contributed by atoms with Gasteiger partial charge in [0.1, 0.15) is 17.2 Å². The molecule has 0 saturated carbocycles. The number of nitrogens with zero attached hydrogens (tertiary/aromatic N) is 1. The lowest BCUT2D eigenvalue weighted by molar-refractivity contribution is 0.0952. The lowest BCUT2D eigenvalue weighted by atomic mass is 10.2. The number of halogens is 1. The Morgan fingerprint density at radius 3 is 2.70 bits per heavy atom. The highest BCUT2D eigenvalue weighted by atomic mass is 79.9. The summed E-state index contributed by atoms with van der Waals surface area (Å²) in [5.41, 5.74) is 3.16. The van der Waals surface area contributed by atoms with Crippen molar-refractivity contribution < 1.29 is 19.4 Å². The summed E-state index contributed by atoms with van der Waals surface area (Å²) in [4.78, 5) is 12.2. The molecule has 23 heavy (non-hydrogen) atoms. The number of nitrogens with one attached hydrogen (secondary N) is 1. The van der Waals surface area contributed by atoms with Crippen molar-refractivity contribution in [2.45, 2.75) is 0 Å². The minimum absolute atomic E-state index is 0.0313. The molecule has 2 N–H and O–H groups in total. The van der Waals surface area contributed by atoms with E-state index < -0.39 is 5.91 Å². The first kappa shape index (κ1) is 16.8. The number of phenols is 1. The Hall–Kier alpha value is -2.54. The summed E-state index contributed by atoms with van der Waals surface area (Å²) in [5, 5.41) is 13.6. The largest absolute Gasteiger partial charge is 0.507 e. The van der Waals surface area contributed by atoms with Crippen LogP contribution in [0.15, 0.2) is 46.0 Å². The zero-order valence-corrected chi connectivity index (χ0v) is 14.1. The standard InChI is InChI=1S/C16H15BrN2O4/c1-22-12-4-5-14(20)10(7-12)9-18-19-16(21)13-8-11(17)3-6-15(13)23-2/h3-9,20H,1-2H3,(H,19,21)/b18-9+. The Labute approximate surface area is 141 Å². The molecular weight excluding hydrogens is 364 g/mol. The van der Waals surface area contributed by atoms with E-state index in [1.54, 1.807) is 30.3 Å². The second-order valence-corrected chi connectivity index (χ2v) is 5.38. The lowest BCUT2D eigenvalue weighted by Crippen LogP contribution is -2.18. The fourth-order valence-electron chi connectivity index (χ4n) is 1.84. The first-order valence-electron chi connectivity index (χ1n) is 6.59. The van der Waals surface area contributed by atoms with Gasteiger partial charge in [0.25, 0.3) is 5.91 Å². The minimum atomic E-state index is -0.429. The highest BCUT2D eigenvalue weighted by molar-refractivity contribution is 9.10. The van der Waals surface area contributed by atoms with Gasteiger partial charge in [0.2, 0.25) is 0 Å². The average molecular weight is 379 g/mol. The van der Waals surface area contributed by atoms with E-state index in [0.717, 1.165) is 4.47 Å². The molecule has 6 nitrogen and oxygen atoms in total. The van der Waals surface area contributed by atoms with Crippen LogP contribution in [0.2, 0.25) is 0 Å². The van der Waals surface area contributed by atoms with Crippen molar-refractivity contribution in [1.29, 1.82) is 0 Å². The molecule has 0 fully saturated rings. The van der Waals surface area contributed by atoms with Gasteiger partial charge in [0.15, 0.2) is 0 Å². The molecule has 2 rings (SSSR count). The molecule has 7 heteroatoms. The zero-order valence-electron chi connectivity index (χ0n) is 12.5. The number of amides is 1. The summed E-state index contributed by atoms with van der Waals surface area (Å²) in [6.45, 7) is 0. The second kappa shape index (κ2) is 7.64. The van der Waals surface area contributed by atoms with Crippen molar-refractivity contribution >= 4 is 28.1 Å². The maximum absolute atomic E-state index is 12.2. The lowest BCUT2D eigenvalue weighted by Gasteiger charge is -2.07. The highest BCUT2D eigenvalue weighted by Crippen LogP contribution is 2.23. The zero-order chi connectivity index (χ0) is 16.8. The van der Waals surface area contributed by atoms with Crippen molar-refractivity contribution in [3.8, 4) is 17.2 Å². The van der Waals surface area contributed by atoms with Crippen LogP contribution >= 0.6 is 15.9 Å². The summed E-state index contributed by atoms with van der Waals surface area (Å²) in [6, 6.07) is 9.79. The first-order chi connectivity index (χ1) is 11.0. The van der Waals surface area contributed by atoms with Gasteiger partial charge in [-0.1, -0.05) is 15.9 Å². The van der Waals surface area contributed by atoms with Crippen LogP contribution in [-0.4, -0.2) is 31.4 Å². The van der Waals surface area contributed by atoms with Crippen LogP contribution in [0.4, 0.5) is 0 Å². The normalized spacial score (nSPS) is 10.6. The minimum Gasteiger partial charge on any atom is -0.507 e. The Kier molecular flexibility index (Phi) is 5.59. The van der Waals surface area contributed by atoms with Gasteiger partial charge in [0.05, 0.1) is 26.0 Å².